The molecule has 11 heteroatoms. The second-order valence-electron chi connectivity index (χ2n) is 4.94. The number of hydroxylamine groups is 2. The molecular weight excluding hydrogens is 313 g/mol. The van der Waals surface area contributed by atoms with E-state index < -0.39 is 34.4 Å². The molecule has 112 valence electrons. The zero-order chi connectivity index (χ0) is 15.2. The number of hydrogen-bond acceptors (Lipinski definition) is 6. The number of fused-ring (bicyclic) bond motifs is 2. The zero-order valence-corrected chi connectivity index (χ0v) is 14.7. The summed E-state index contributed by atoms with van der Waals surface area (Å²) in [5, 5.41) is 0.466. The maximum Gasteiger partial charge on any atom is 1.00 e. The Bertz CT molecular complexity index is 590. The van der Waals surface area contributed by atoms with Crippen LogP contribution in [0, 0.1) is 5.92 Å². The van der Waals surface area contributed by atoms with Gasteiger partial charge in [0.05, 0.1) is 12.6 Å². The molecule has 2 atom stereocenters. The van der Waals surface area contributed by atoms with Crippen molar-refractivity contribution in [2.45, 2.75) is 25.9 Å². The van der Waals surface area contributed by atoms with E-state index in [1.807, 2.05) is 13.8 Å². The van der Waals surface area contributed by atoms with Crippen LogP contribution in [0.3, 0.4) is 0 Å². The summed E-state index contributed by atoms with van der Waals surface area (Å²) in [4.78, 5) is 24.7. The first-order valence-corrected chi connectivity index (χ1v) is 7.21. The normalized spacial score (nSPS) is 25.0. The molecule has 0 aliphatic carbocycles. The average Bonchev–Trinajstić information content (AvgIpc) is 2.52. The second kappa shape index (κ2) is 6.23. The van der Waals surface area contributed by atoms with Crippen LogP contribution in [-0.2, 0) is 19.5 Å². The van der Waals surface area contributed by atoms with E-state index in [1.54, 1.807) is 6.08 Å². The third-order valence-corrected chi connectivity index (χ3v) is 3.58. The molecule has 0 radical (unpaired) electrons. The van der Waals surface area contributed by atoms with Crippen molar-refractivity contribution in [3.05, 3.63) is 11.6 Å². The van der Waals surface area contributed by atoms with Gasteiger partial charge in [0.15, 0.2) is 0 Å². The summed E-state index contributed by atoms with van der Waals surface area (Å²) < 4.78 is 36.1. The molecule has 2 aliphatic heterocycles. The Balaban J connectivity index is 0.00000220. The summed E-state index contributed by atoms with van der Waals surface area (Å²) in [6.45, 7) is 3.67. The molecule has 1 saturated heterocycles. The maximum absolute atomic E-state index is 12.0. The first kappa shape index (κ1) is 18.4. The van der Waals surface area contributed by atoms with E-state index in [4.69, 9.17) is 5.73 Å². The molecule has 2 heterocycles. The van der Waals surface area contributed by atoms with Crippen molar-refractivity contribution in [3.63, 3.8) is 0 Å². The number of urea groups is 1. The molecular formula is C10H14N3NaO6S. The topological polar surface area (TPSA) is 133 Å². The van der Waals surface area contributed by atoms with Crippen molar-refractivity contribution < 1.29 is 56.4 Å². The summed E-state index contributed by atoms with van der Waals surface area (Å²) in [7, 11) is -5.07. The van der Waals surface area contributed by atoms with Gasteiger partial charge in [-0.15, -0.1) is 0 Å². The summed E-state index contributed by atoms with van der Waals surface area (Å²) >= 11 is 0. The van der Waals surface area contributed by atoms with Gasteiger partial charge in [0.25, 0.3) is 0 Å². The zero-order valence-electron chi connectivity index (χ0n) is 11.8. The molecule has 0 aromatic heterocycles. The van der Waals surface area contributed by atoms with Crippen LogP contribution in [0.2, 0.25) is 0 Å². The van der Waals surface area contributed by atoms with Gasteiger partial charge in [-0.3, -0.25) is 4.79 Å². The molecule has 2 rings (SSSR count). The number of nitrogens with two attached hydrogens (primary N) is 1. The Kier molecular flexibility index (Phi) is 5.45. The van der Waals surface area contributed by atoms with E-state index in [1.165, 1.54) is 0 Å². The van der Waals surface area contributed by atoms with Crippen LogP contribution < -0.4 is 35.3 Å². The van der Waals surface area contributed by atoms with Gasteiger partial charge in [-0.05, 0) is 11.5 Å². The average molecular weight is 327 g/mol. The SMILES string of the molecule is CC(C)C1=C[C@@H]2CN(C(=O)N2OS(=O)(=O)[O-])[C@@H]1C(N)=O.[Na+]. The predicted molar refractivity (Wildman–Crippen MR) is 64.4 cm³/mol. The Morgan fingerprint density at radius 2 is 2.10 bits per heavy atom. The summed E-state index contributed by atoms with van der Waals surface area (Å²) in [6.07, 6.45) is 1.55. The van der Waals surface area contributed by atoms with Gasteiger partial charge in [-0.1, -0.05) is 19.9 Å². The van der Waals surface area contributed by atoms with E-state index in [0.717, 1.165) is 4.90 Å². The Hall–Kier alpha value is -0.650. The fourth-order valence-corrected chi connectivity index (χ4v) is 2.83. The van der Waals surface area contributed by atoms with Crippen LogP contribution >= 0.6 is 0 Å². The van der Waals surface area contributed by atoms with Crippen molar-refractivity contribution in [3.8, 4) is 0 Å². The number of hydrogen-bond donors (Lipinski definition) is 1. The third-order valence-electron chi connectivity index (χ3n) is 3.24. The van der Waals surface area contributed by atoms with Crippen LogP contribution in [0.5, 0.6) is 0 Å². The van der Waals surface area contributed by atoms with E-state index in [2.05, 4.69) is 4.28 Å². The molecule has 21 heavy (non-hydrogen) atoms. The number of primary amides is 1. The van der Waals surface area contributed by atoms with E-state index >= 15 is 0 Å². The maximum atomic E-state index is 12.0. The number of rotatable bonds is 4. The second-order valence-corrected chi connectivity index (χ2v) is 5.90. The Morgan fingerprint density at radius 1 is 1.52 bits per heavy atom. The first-order chi connectivity index (χ1) is 9.11. The van der Waals surface area contributed by atoms with Crippen molar-refractivity contribution in [1.82, 2.24) is 9.96 Å². The van der Waals surface area contributed by atoms with Crippen molar-refractivity contribution in [1.29, 1.82) is 0 Å². The molecule has 3 amide bonds. The molecule has 0 spiro atoms. The minimum Gasteiger partial charge on any atom is -0.724 e. The molecule has 2 bridgehead atoms. The van der Waals surface area contributed by atoms with Crippen molar-refractivity contribution >= 4 is 22.3 Å². The van der Waals surface area contributed by atoms with Crippen LogP contribution in [0.25, 0.3) is 0 Å². The van der Waals surface area contributed by atoms with Crippen LogP contribution in [0.1, 0.15) is 13.8 Å². The largest absolute Gasteiger partial charge is 1.00 e. The predicted octanol–water partition coefficient (Wildman–Crippen LogP) is -4.06. The number of carbonyl (C=O) groups is 2. The molecule has 0 aromatic rings. The van der Waals surface area contributed by atoms with E-state index in [0.29, 0.717) is 10.6 Å². The number of nitrogens with zero attached hydrogens (tertiary/aromatic N) is 2. The van der Waals surface area contributed by atoms with Crippen LogP contribution in [0.4, 0.5) is 4.79 Å². The molecule has 0 unspecified atom stereocenters. The number of amides is 3. The first-order valence-electron chi connectivity index (χ1n) is 5.88. The monoisotopic (exact) mass is 327 g/mol. The van der Waals surface area contributed by atoms with Gasteiger partial charge in [-0.25, -0.2) is 13.2 Å². The standard InChI is InChI=1S/C10H15N3O6S.Na/c1-5(2)7-3-6-4-12(8(7)9(11)14)10(15)13(6)19-20(16,17)18;/h3,5-6,8H,4H2,1-2H3,(H2,11,14)(H,16,17,18);/q;+1/p-1/t6-,8+;/m1./s1. The Labute approximate surface area is 144 Å². The van der Waals surface area contributed by atoms with Gasteiger partial charge in [0, 0.05) is 0 Å². The summed E-state index contributed by atoms with van der Waals surface area (Å²) in [5.74, 6) is -0.794. The van der Waals surface area contributed by atoms with Gasteiger partial charge in [0.2, 0.25) is 16.3 Å². The third kappa shape index (κ3) is 3.58. The van der Waals surface area contributed by atoms with Crippen LogP contribution in [0.15, 0.2) is 11.6 Å². The van der Waals surface area contributed by atoms with Crippen molar-refractivity contribution in [2.75, 3.05) is 6.54 Å². The molecule has 2 N–H and O–H groups in total. The van der Waals surface area contributed by atoms with Gasteiger partial charge >= 0.3 is 35.6 Å². The van der Waals surface area contributed by atoms with Gasteiger partial charge in [-0.2, -0.15) is 9.35 Å². The fraction of sp³-hybridized carbons (Fsp3) is 0.600. The quantitative estimate of drug-likeness (QED) is 0.242. The molecule has 1 fully saturated rings. The Morgan fingerprint density at radius 3 is 2.52 bits per heavy atom. The minimum absolute atomic E-state index is 0. The van der Waals surface area contributed by atoms with Gasteiger partial charge in [0.1, 0.15) is 6.04 Å². The van der Waals surface area contributed by atoms with Crippen LogP contribution in [-0.4, -0.2) is 53.5 Å². The van der Waals surface area contributed by atoms with E-state index in [-0.39, 0.29) is 42.0 Å². The smallest absolute Gasteiger partial charge is 0.724 e. The van der Waals surface area contributed by atoms with E-state index in [9.17, 15) is 22.6 Å². The number of carbonyl (C=O) groups excluding carboxylic acids is 2. The molecule has 0 aromatic carbocycles. The molecule has 9 nitrogen and oxygen atoms in total. The van der Waals surface area contributed by atoms with Crippen molar-refractivity contribution in [2.24, 2.45) is 11.7 Å². The minimum atomic E-state index is -5.07. The summed E-state index contributed by atoms with van der Waals surface area (Å²) in [6, 6.07) is -2.56. The molecule has 0 saturated carbocycles. The molecule has 2 aliphatic rings. The fourth-order valence-electron chi connectivity index (χ4n) is 2.46. The summed E-state index contributed by atoms with van der Waals surface area (Å²) in [5.41, 5.74) is 5.90. The van der Waals surface area contributed by atoms with Gasteiger partial charge < -0.3 is 15.2 Å².